The molecule has 0 radical (unpaired) electrons. The Hall–Kier alpha value is -1.22. The van der Waals surface area contributed by atoms with Crippen LogP contribution in [-0.4, -0.2) is 11.7 Å². The molecule has 0 aliphatic heterocycles. The highest BCUT2D eigenvalue weighted by Crippen LogP contribution is 2.26. The Morgan fingerprint density at radius 3 is 2.50 bits per heavy atom. The second-order valence-electron chi connectivity index (χ2n) is 3.76. The number of nitrogens with zero attached hydrogens (tertiary/aromatic N) is 1. The number of halogens is 1. The summed E-state index contributed by atoms with van der Waals surface area (Å²) >= 11 is 3.55. The summed E-state index contributed by atoms with van der Waals surface area (Å²) in [5.41, 5.74) is 3.53. The molecular weight excluding hydrogens is 266 g/mol. The highest BCUT2D eigenvalue weighted by molar-refractivity contribution is 9.10. The van der Waals surface area contributed by atoms with E-state index >= 15 is 0 Å². The van der Waals surface area contributed by atoms with Gasteiger partial charge in [0.15, 0.2) is 0 Å². The molecule has 0 saturated heterocycles. The average Bonchev–Trinajstić information content (AvgIpc) is 2.53. The average molecular weight is 280 g/mol. The van der Waals surface area contributed by atoms with Gasteiger partial charge in [-0.25, -0.2) is 0 Å². The number of methoxy groups -OCH3 is 1. The lowest BCUT2D eigenvalue weighted by Crippen LogP contribution is -1.99. The highest BCUT2D eigenvalue weighted by atomic mass is 79.9. The standard InChI is InChI=1S/C13H14BrNO/c1-9-7-13(14)10(2)15(9)11-5-4-6-12(8-11)16-3/h4-8H,1-3H3. The number of rotatable bonds is 2. The van der Waals surface area contributed by atoms with Crippen LogP contribution >= 0.6 is 15.9 Å². The van der Waals surface area contributed by atoms with E-state index in [0.29, 0.717) is 0 Å². The van der Waals surface area contributed by atoms with Crippen molar-refractivity contribution in [3.63, 3.8) is 0 Å². The molecular formula is C13H14BrNO. The zero-order valence-electron chi connectivity index (χ0n) is 9.62. The van der Waals surface area contributed by atoms with Gasteiger partial charge in [-0.3, -0.25) is 0 Å². The molecule has 1 aromatic heterocycles. The van der Waals surface area contributed by atoms with Gasteiger partial charge in [-0.05, 0) is 48.0 Å². The van der Waals surface area contributed by atoms with Gasteiger partial charge >= 0.3 is 0 Å². The van der Waals surface area contributed by atoms with Gasteiger partial charge < -0.3 is 9.30 Å². The fraction of sp³-hybridized carbons (Fsp3) is 0.231. The lowest BCUT2D eigenvalue weighted by atomic mass is 10.3. The third-order valence-electron chi connectivity index (χ3n) is 2.68. The van der Waals surface area contributed by atoms with Gasteiger partial charge in [0.05, 0.1) is 7.11 Å². The van der Waals surface area contributed by atoms with Gasteiger partial charge in [-0.15, -0.1) is 0 Å². The van der Waals surface area contributed by atoms with Crippen molar-refractivity contribution < 1.29 is 4.74 Å². The molecule has 2 aromatic rings. The minimum absolute atomic E-state index is 0.876. The molecule has 1 aromatic carbocycles. The smallest absolute Gasteiger partial charge is 0.120 e. The Morgan fingerprint density at radius 2 is 1.94 bits per heavy atom. The monoisotopic (exact) mass is 279 g/mol. The van der Waals surface area contributed by atoms with Gasteiger partial charge in [0, 0.05) is 27.6 Å². The first-order valence-electron chi connectivity index (χ1n) is 5.12. The van der Waals surface area contributed by atoms with Crippen molar-refractivity contribution >= 4 is 15.9 Å². The van der Waals surface area contributed by atoms with Crippen LogP contribution in [0.1, 0.15) is 11.4 Å². The van der Waals surface area contributed by atoms with Crippen LogP contribution in [0.25, 0.3) is 5.69 Å². The zero-order chi connectivity index (χ0) is 11.7. The van der Waals surface area contributed by atoms with Crippen molar-refractivity contribution in [2.45, 2.75) is 13.8 Å². The molecule has 0 amide bonds. The number of aryl methyl sites for hydroxylation is 1. The minimum Gasteiger partial charge on any atom is -0.497 e. The van der Waals surface area contributed by atoms with E-state index in [4.69, 9.17) is 4.74 Å². The van der Waals surface area contributed by atoms with E-state index < -0.39 is 0 Å². The van der Waals surface area contributed by atoms with Gasteiger partial charge in [-0.1, -0.05) is 6.07 Å². The quantitative estimate of drug-likeness (QED) is 0.814. The molecule has 0 aliphatic rings. The molecule has 0 atom stereocenters. The van der Waals surface area contributed by atoms with Crippen LogP contribution in [0.5, 0.6) is 5.75 Å². The SMILES string of the molecule is COc1cccc(-n2c(C)cc(Br)c2C)c1. The van der Waals surface area contributed by atoms with E-state index in [1.165, 1.54) is 11.4 Å². The third-order valence-corrected chi connectivity index (χ3v) is 3.48. The largest absolute Gasteiger partial charge is 0.497 e. The summed E-state index contributed by atoms with van der Waals surface area (Å²) in [4.78, 5) is 0. The van der Waals surface area contributed by atoms with E-state index in [9.17, 15) is 0 Å². The minimum atomic E-state index is 0.876. The number of aromatic nitrogens is 1. The summed E-state index contributed by atoms with van der Waals surface area (Å²) in [6.07, 6.45) is 0. The molecule has 0 saturated carbocycles. The summed E-state index contributed by atoms with van der Waals surface area (Å²) < 4.78 is 8.57. The maximum atomic E-state index is 5.24. The molecule has 3 heteroatoms. The van der Waals surface area contributed by atoms with E-state index in [0.717, 1.165) is 15.9 Å². The molecule has 0 N–H and O–H groups in total. The number of hydrogen-bond donors (Lipinski definition) is 0. The van der Waals surface area contributed by atoms with Crippen molar-refractivity contribution in [2.24, 2.45) is 0 Å². The summed E-state index contributed by atoms with van der Waals surface area (Å²) in [5, 5.41) is 0. The Kier molecular flexibility index (Phi) is 3.06. The molecule has 84 valence electrons. The molecule has 16 heavy (non-hydrogen) atoms. The van der Waals surface area contributed by atoms with Crippen LogP contribution in [0, 0.1) is 13.8 Å². The van der Waals surface area contributed by atoms with Crippen molar-refractivity contribution in [1.29, 1.82) is 0 Å². The van der Waals surface area contributed by atoms with Crippen LogP contribution in [0.2, 0.25) is 0 Å². The Bertz CT molecular complexity index is 517. The fourth-order valence-corrected chi connectivity index (χ4v) is 2.38. The van der Waals surface area contributed by atoms with Gasteiger partial charge in [0.2, 0.25) is 0 Å². The molecule has 2 nitrogen and oxygen atoms in total. The highest BCUT2D eigenvalue weighted by Gasteiger charge is 2.08. The Morgan fingerprint density at radius 1 is 1.19 bits per heavy atom. The Balaban J connectivity index is 2.58. The lowest BCUT2D eigenvalue weighted by Gasteiger charge is -2.10. The molecule has 1 heterocycles. The van der Waals surface area contributed by atoms with Crippen LogP contribution < -0.4 is 4.74 Å². The van der Waals surface area contributed by atoms with Gasteiger partial charge in [0.25, 0.3) is 0 Å². The summed E-state index contributed by atoms with van der Waals surface area (Å²) in [5.74, 6) is 0.876. The van der Waals surface area contributed by atoms with Crippen LogP contribution in [-0.2, 0) is 0 Å². The molecule has 0 spiro atoms. The summed E-state index contributed by atoms with van der Waals surface area (Å²) in [6, 6.07) is 10.2. The first-order chi connectivity index (χ1) is 7.63. The number of hydrogen-bond acceptors (Lipinski definition) is 1. The van der Waals surface area contributed by atoms with E-state index in [2.05, 4.69) is 46.5 Å². The zero-order valence-corrected chi connectivity index (χ0v) is 11.2. The van der Waals surface area contributed by atoms with Crippen LogP contribution in [0.3, 0.4) is 0 Å². The van der Waals surface area contributed by atoms with Crippen LogP contribution in [0.4, 0.5) is 0 Å². The van der Waals surface area contributed by atoms with Crippen LogP contribution in [0.15, 0.2) is 34.8 Å². The van der Waals surface area contributed by atoms with Crippen molar-refractivity contribution in [2.75, 3.05) is 7.11 Å². The molecule has 0 fully saturated rings. The molecule has 0 bridgehead atoms. The van der Waals surface area contributed by atoms with Crippen molar-refractivity contribution in [1.82, 2.24) is 4.57 Å². The summed E-state index contributed by atoms with van der Waals surface area (Å²) in [6.45, 7) is 4.19. The van der Waals surface area contributed by atoms with Crippen molar-refractivity contribution in [3.05, 3.63) is 46.2 Å². The third kappa shape index (κ3) is 1.87. The predicted octanol–water partition coefficient (Wildman–Crippen LogP) is 3.87. The van der Waals surface area contributed by atoms with Gasteiger partial charge in [-0.2, -0.15) is 0 Å². The van der Waals surface area contributed by atoms with E-state index in [-0.39, 0.29) is 0 Å². The number of benzene rings is 1. The topological polar surface area (TPSA) is 14.2 Å². The molecule has 0 aliphatic carbocycles. The summed E-state index contributed by atoms with van der Waals surface area (Å²) in [7, 11) is 1.68. The first kappa shape index (κ1) is 11.3. The molecule has 0 unspecified atom stereocenters. The van der Waals surface area contributed by atoms with Crippen molar-refractivity contribution in [3.8, 4) is 11.4 Å². The van der Waals surface area contributed by atoms with Gasteiger partial charge in [0.1, 0.15) is 5.75 Å². The first-order valence-corrected chi connectivity index (χ1v) is 5.91. The second kappa shape index (κ2) is 4.34. The maximum absolute atomic E-state index is 5.24. The maximum Gasteiger partial charge on any atom is 0.120 e. The Labute approximate surface area is 104 Å². The second-order valence-corrected chi connectivity index (χ2v) is 4.61. The normalized spacial score (nSPS) is 10.5. The predicted molar refractivity (Wildman–Crippen MR) is 69.5 cm³/mol. The molecule has 2 rings (SSSR count). The lowest BCUT2D eigenvalue weighted by molar-refractivity contribution is 0.414. The van der Waals surface area contributed by atoms with E-state index in [1.807, 2.05) is 18.2 Å². The van der Waals surface area contributed by atoms with E-state index in [1.54, 1.807) is 7.11 Å². The fourth-order valence-electron chi connectivity index (χ4n) is 1.87. The number of ether oxygens (including phenoxy) is 1.